The fourth-order valence-electron chi connectivity index (χ4n) is 2.73. The molecule has 0 bridgehead atoms. The maximum Gasteiger partial charge on any atom is 0.307 e. The monoisotopic (exact) mass is 304 g/mol. The van der Waals surface area contributed by atoms with Gasteiger partial charge in [0.2, 0.25) is 5.91 Å². The van der Waals surface area contributed by atoms with Crippen LogP contribution in [0, 0.1) is 18.8 Å². The second kappa shape index (κ2) is 7.06. The molecule has 118 valence electrons. The largest absolute Gasteiger partial charge is 0.481 e. The Morgan fingerprint density at radius 2 is 1.59 bits per heavy atom. The molecule has 0 unspecified atom stereocenters. The zero-order valence-electron chi connectivity index (χ0n) is 12.5. The quantitative estimate of drug-likeness (QED) is 0.740. The summed E-state index contributed by atoms with van der Waals surface area (Å²) >= 11 is 0. The summed E-state index contributed by atoms with van der Waals surface area (Å²) < 4.78 is 0. The average molecular weight is 304 g/mol. The summed E-state index contributed by atoms with van der Waals surface area (Å²) in [4.78, 5) is 35.2. The van der Waals surface area contributed by atoms with Crippen LogP contribution in [0.4, 0.5) is 0 Å². The molecule has 0 aromatic heterocycles. The Morgan fingerprint density at radius 1 is 1.00 bits per heavy atom. The molecule has 0 spiro atoms. The molecule has 1 aromatic rings. The molecule has 2 rings (SSSR count). The minimum Gasteiger partial charge on any atom is -0.481 e. The lowest BCUT2D eigenvalue weighted by Crippen LogP contribution is -2.47. The van der Waals surface area contributed by atoms with E-state index in [-0.39, 0.29) is 0 Å². The first kappa shape index (κ1) is 16.0. The molecule has 2 atom stereocenters. The number of carbonyl (C=O) groups is 3. The molecule has 1 aliphatic carbocycles. The van der Waals surface area contributed by atoms with Gasteiger partial charge in [-0.1, -0.05) is 30.5 Å². The first-order chi connectivity index (χ1) is 10.5. The molecule has 1 fully saturated rings. The third-order valence-corrected chi connectivity index (χ3v) is 4.03. The number of rotatable bonds is 3. The zero-order valence-corrected chi connectivity index (χ0v) is 12.5. The summed E-state index contributed by atoms with van der Waals surface area (Å²) in [5, 5.41) is 9.17. The number of amides is 2. The van der Waals surface area contributed by atoms with Crippen LogP contribution in [0.5, 0.6) is 0 Å². The van der Waals surface area contributed by atoms with Gasteiger partial charge in [0.15, 0.2) is 0 Å². The van der Waals surface area contributed by atoms with E-state index in [1.165, 1.54) is 0 Å². The maximum atomic E-state index is 12.1. The lowest BCUT2D eigenvalue weighted by molar-refractivity contribution is -0.149. The number of nitrogens with one attached hydrogen (secondary N) is 2. The number of aliphatic carboxylic acids is 1. The Morgan fingerprint density at radius 3 is 2.18 bits per heavy atom. The van der Waals surface area contributed by atoms with Crippen molar-refractivity contribution in [2.24, 2.45) is 11.8 Å². The number of benzene rings is 1. The molecular weight excluding hydrogens is 284 g/mol. The number of carbonyl (C=O) groups excluding carboxylic acids is 2. The van der Waals surface area contributed by atoms with Gasteiger partial charge in [-0.15, -0.1) is 0 Å². The summed E-state index contributed by atoms with van der Waals surface area (Å²) in [6, 6.07) is 6.94. The summed E-state index contributed by atoms with van der Waals surface area (Å²) in [5.74, 6) is -3.08. The number of aryl methyl sites for hydroxylation is 1. The number of carboxylic acid groups (broad SMARTS) is 1. The highest BCUT2D eigenvalue weighted by atomic mass is 16.4. The van der Waals surface area contributed by atoms with Gasteiger partial charge in [-0.25, -0.2) is 0 Å². The summed E-state index contributed by atoms with van der Waals surface area (Å²) in [6.45, 7) is 1.92. The van der Waals surface area contributed by atoms with Gasteiger partial charge in [-0.05, 0) is 31.9 Å². The Kier molecular flexibility index (Phi) is 5.14. The van der Waals surface area contributed by atoms with Crippen LogP contribution in [0.1, 0.15) is 41.6 Å². The van der Waals surface area contributed by atoms with Crippen LogP contribution in [0.15, 0.2) is 24.3 Å². The first-order valence-electron chi connectivity index (χ1n) is 7.38. The molecule has 0 heterocycles. The SMILES string of the molecule is Cc1ccc(C(=O)NNC(=O)[C@@H]2CCCC[C@@H]2C(=O)O)cc1. The average Bonchev–Trinajstić information content (AvgIpc) is 2.53. The van der Waals surface area contributed by atoms with E-state index in [4.69, 9.17) is 0 Å². The Balaban J connectivity index is 1.92. The number of hydrogen-bond acceptors (Lipinski definition) is 3. The van der Waals surface area contributed by atoms with Crippen LogP contribution >= 0.6 is 0 Å². The van der Waals surface area contributed by atoms with Crippen LogP contribution < -0.4 is 10.9 Å². The molecule has 3 N–H and O–H groups in total. The second-order valence-electron chi connectivity index (χ2n) is 5.65. The highest BCUT2D eigenvalue weighted by Crippen LogP contribution is 2.30. The predicted octanol–water partition coefficient (Wildman–Crippen LogP) is 1.65. The number of carboxylic acids is 1. The molecule has 22 heavy (non-hydrogen) atoms. The van der Waals surface area contributed by atoms with E-state index < -0.39 is 29.6 Å². The summed E-state index contributed by atoms with van der Waals surface area (Å²) in [5.41, 5.74) is 6.16. The van der Waals surface area contributed by atoms with E-state index in [2.05, 4.69) is 10.9 Å². The van der Waals surface area contributed by atoms with Crippen LogP contribution in [0.25, 0.3) is 0 Å². The molecule has 6 nitrogen and oxygen atoms in total. The first-order valence-corrected chi connectivity index (χ1v) is 7.38. The normalized spacial score (nSPS) is 21.0. The van der Waals surface area contributed by atoms with Crippen molar-refractivity contribution >= 4 is 17.8 Å². The van der Waals surface area contributed by atoms with Gasteiger partial charge < -0.3 is 5.11 Å². The molecule has 1 aliphatic rings. The van der Waals surface area contributed by atoms with E-state index in [0.717, 1.165) is 18.4 Å². The van der Waals surface area contributed by atoms with E-state index in [1.54, 1.807) is 24.3 Å². The van der Waals surface area contributed by atoms with Crippen LogP contribution in [-0.2, 0) is 9.59 Å². The van der Waals surface area contributed by atoms with E-state index in [0.29, 0.717) is 18.4 Å². The predicted molar refractivity (Wildman–Crippen MR) is 79.9 cm³/mol. The summed E-state index contributed by atoms with van der Waals surface area (Å²) in [7, 11) is 0. The lowest BCUT2D eigenvalue weighted by Gasteiger charge is -2.27. The lowest BCUT2D eigenvalue weighted by atomic mass is 9.79. The van der Waals surface area contributed by atoms with Crippen molar-refractivity contribution in [1.82, 2.24) is 10.9 Å². The van der Waals surface area contributed by atoms with Crippen LogP contribution in [-0.4, -0.2) is 22.9 Å². The Hall–Kier alpha value is -2.37. The van der Waals surface area contributed by atoms with Crippen molar-refractivity contribution in [1.29, 1.82) is 0 Å². The third-order valence-electron chi connectivity index (χ3n) is 4.03. The maximum absolute atomic E-state index is 12.1. The standard InChI is InChI=1S/C16H20N2O4/c1-10-6-8-11(9-7-10)14(19)17-18-15(20)12-4-2-3-5-13(12)16(21)22/h6-9,12-13H,2-5H2,1H3,(H,17,19)(H,18,20)(H,21,22)/t12-,13+/m1/s1. The molecule has 1 aromatic carbocycles. The van der Waals surface area contributed by atoms with Crippen molar-refractivity contribution in [3.05, 3.63) is 35.4 Å². The third kappa shape index (κ3) is 3.84. The van der Waals surface area contributed by atoms with Crippen molar-refractivity contribution < 1.29 is 19.5 Å². The van der Waals surface area contributed by atoms with Gasteiger partial charge in [0, 0.05) is 5.56 Å². The van der Waals surface area contributed by atoms with E-state index in [9.17, 15) is 19.5 Å². The van der Waals surface area contributed by atoms with Gasteiger partial charge in [-0.2, -0.15) is 0 Å². The molecule has 6 heteroatoms. The Bertz CT molecular complexity index is 568. The summed E-state index contributed by atoms with van der Waals surface area (Å²) in [6.07, 6.45) is 2.67. The molecule has 1 saturated carbocycles. The molecule has 0 radical (unpaired) electrons. The zero-order chi connectivity index (χ0) is 16.1. The molecule has 0 aliphatic heterocycles. The minimum absolute atomic E-state index is 0.420. The molecular formula is C16H20N2O4. The van der Waals surface area contributed by atoms with Crippen molar-refractivity contribution in [3.63, 3.8) is 0 Å². The second-order valence-corrected chi connectivity index (χ2v) is 5.65. The number of hydrazine groups is 1. The fraction of sp³-hybridized carbons (Fsp3) is 0.438. The number of hydrogen-bond donors (Lipinski definition) is 3. The molecule has 0 saturated heterocycles. The van der Waals surface area contributed by atoms with Gasteiger partial charge in [0.05, 0.1) is 11.8 Å². The molecule has 2 amide bonds. The minimum atomic E-state index is -0.954. The highest BCUT2D eigenvalue weighted by molar-refractivity contribution is 5.96. The van der Waals surface area contributed by atoms with Crippen LogP contribution in [0.2, 0.25) is 0 Å². The van der Waals surface area contributed by atoms with Crippen molar-refractivity contribution in [2.45, 2.75) is 32.6 Å². The van der Waals surface area contributed by atoms with Gasteiger partial charge in [0.25, 0.3) is 5.91 Å². The highest BCUT2D eigenvalue weighted by Gasteiger charge is 2.35. The van der Waals surface area contributed by atoms with Crippen molar-refractivity contribution in [2.75, 3.05) is 0 Å². The smallest absolute Gasteiger partial charge is 0.307 e. The van der Waals surface area contributed by atoms with Gasteiger partial charge in [-0.3, -0.25) is 25.2 Å². The van der Waals surface area contributed by atoms with E-state index >= 15 is 0 Å². The van der Waals surface area contributed by atoms with E-state index in [1.807, 2.05) is 6.92 Å². The van der Waals surface area contributed by atoms with Gasteiger partial charge in [0.1, 0.15) is 0 Å². The van der Waals surface area contributed by atoms with Crippen LogP contribution in [0.3, 0.4) is 0 Å². The van der Waals surface area contributed by atoms with Gasteiger partial charge >= 0.3 is 5.97 Å². The fourth-order valence-corrected chi connectivity index (χ4v) is 2.73. The Labute approximate surface area is 128 Å². The topological polar surface area (TPSA) is 95.5 Å². The van der Waals surface area contributed by atoms with Crippen molar-refractivity contribution in [3.8, 4) is 0 Å².